The van der Waals surface area contributed by atoms with Crippen molar-refractivity contribution in [1.29, 1.82) is 0 Å². The van der Waals surface area contributed by atoms with Crippen molar-refractivity contribution in [2.24, 2.45) is 5.10 Å². The van der Waals surface area contributed by atoms with Gasteiger partial charge >= 0.3 is 0 Å². The fourth-order valence-electron chi connectivity index (χ4n) is 2.72. The summed E-state index contributed by atoms with van der Waals surface area (Å²) in [6.07, 6.45) is 4.61. The van der Waals surface area contributed by atoms with Crippen molar-refractivity contribution in [3.8, 4) is 11.5 Å². The minimum Gasteiger partial charge on any atom is -0.496 e. The van der Waals surface area contributed by atoms with Crippen molar-refractivity contribution in [1.82, 2.24) is 10.4 Å². The van der Waals surface area contributed by atoms with Crippen LogP contribution < -0.4 is 20.2 Å². The summed E-state index contributed by atoms with van der Waals surface area (Å²) in [5.74, 6) is 0.850. The molecular formula is C23H22N4O4. The largest absolute Gasteiger partial charge is 0.496 e. The number of ether oxygens (including phenoxy) is 2. The number of nitrogens with zero attached hydrogens (tertiary/aromatic N) is 2. The molecule has 8 heteroatoms. The summed E-state index contributed by atoms with van der Waals surface area (Å²) in [5.41, 5.74) is 5.18. The molecule has 3 aromatic rings. The van der Waals surface area contributed by atoms with Crippen LogP contribution in [0.2, 0.25) is 0 Å². The Morgan fingerprint density at radius 3 is 2.61 bits per heavy atom. The molecule has 8 nitrogen and oxygen atoms in total. The van der Waals surface area contributed by atoms with Crippen molar-refractivity contribution in [3.05, 3.63) is 83.7 Å². The zero-order valence-electron chi connectivity index (χ0n) is 17.2. The minimum atomic E-state index is -0.343. The van der Waals surface area contributed by atoms with Crippen molar-refractivity contribution in [3.63, 3.8) is 0 Å². The molecule has 0 fully saturated rings. The Bertz CT molecular complexity index is 1070. The topological polar surface area (TPSA) is 102 Å². The highest BCUT2D eigenvalue weighted by molar-refractivity contribution is 5.94. The number of pyridine rings is 1. The van der Waals surface area contributed by atoms with E-state index in [2.05, 4.69) is 20.8 Å². The van der Waals surface area contributed by atoms with Crippen LogP contribution in [0.4, 0.5) is 5.69 Å². The van der Waals surface area contributed by atoms with Gasteiger partial charge in [-0.1, -0.05) is 0 Å². The predicted octanol–water partition coefficient (Wildman–Crippen LogP) is 3.39. The monoisotopic (exact) mass is 418 g/mol. The Labute approximate surface area is 179 Å². The molecule has 0 spiro atoms. The van der Waals surface area contributed by atoms with E-state index in [1.807, 2.05) is 18.2 Å². The molecule has 3 rings (SSSR count). The van der Waals surface area contributed by atoms with E-state index in [4.69, 9.17) is 9.47 Å². The maximum absolute atomic E-state index is 12.0. The molecule has 1 heterocycles. The molecule has 0 radical (unpaired) electrons. The zero-order chi connectivity index (χ0) is 22.1. The average Bonchev–Trinajstić information content (AvgIpc) is 2.79. The molecule has 2 aromatic carbocycles. The number of hydrogen-bond donors (Lipinski definition) is 2. The summed E-state index contributed by atoms with van der Waals surface area (Å²) >= 11 is 0. The van der Waals surface area contributed by atoms with E-state index < -0.39 is 0 Å². The van der Waals surface area contributed by atoms with Crippen molar-refractivity contribution >= 4 is 23.7 Å². The summed E-state index contributed by atoms with van der Waals surface area (Å²) in [5, 5.41) is 6.70. The van der Waals surface area contributed by atoms with E-state index in [0.717, 1.165) is 11.1 Å². The SMILES string of the molecule is COc1ccc(C=NNC(=O)c2cccnc2)cc1COc1ccc(NC(C)=O)cc1. The van der Waals surface area contributed by atoms with Gasteiger partial charge in [0.15, 0.2) is 0 Å². The van der Waals surface area contributed by atoms with Crippen LogP contribution in [0.25, 0.3) is 0 Å². The van der Waals surface area contributed by atoms with Gasteiger partial charge in [0.1, 0.15) is 18.1 Å². The molecule has 0 aliphatic carbocycles. The zero-order valence-corrected chi connectivity index (χ0v) is 17.2. The summed E-state index contributed by atoms with van der Waals surface area (Å²) < 4.78 is 11.2. The molecule has 0 unspecified atom stereocenters. The molecule has 2 N–H and O–H groups in total. The third kappa shape index (κ3) is 6.40. The Morgan fingerprint density at radius 2 is 1.94 bits per heavy atom. The number of carbonyl (C=O) groups excluding carboxylic acids is 2. The number of hydrogen-bond acceptors (Lipinski definition) is 6. The highest BCUT2D eigenvalue weighted by Crippen LogP contribution is 2.23. The molecule has 158 valence electrons. The molecule has 1 aromatic heterocycles. The molecule has 0 bridgehead atoms. The van der Waals surface area contributed by atoms with Gasteiger partial charge in [0, 0.05) is 30.6 Å². The lowest BCUT2D eigenvalue weighted by Gasteiger charge is -2.11. The Kier molecular flexibility index (Phi) is 7.31. The van der Waals surface area contributed by atoms with E-state index in [9.17, 15) is 9.59 Å². The first-order valence-corrected chi connectivity index (χ1v) is 9.46. The Balaban J connectivity index is 1.63. The smallest absolute Gasteiger partial charge is 0.272 e. The van der Waals surface area contributed by atoms with Gasteiger partial charge in [0.2, 0.25) is 5.91 Å². The third-order valence-electron chi connectivity index (χ3n) is 4.18. The predicted molar refractivity (Wildman–Crippen MR) is 117 cm³/mol. The van der Waals surface area contributed by atoms with Gasteiger partial charge in [-0.15, -0.1) is 0 Å². The number of anilines is 1. The van der Waals surface area contributed by atoms with Crippen LogP contribution in [0.3, 0.4) is 0 Å². The second-order valence-electron chi connectivity index (χ2n) is 6.51. The Hall–Kier alpha value is -4.20. The lowest BCUT2D eigenvalue weighted by Crippen LogP contribution is -2.17. The van der Waals surface area contributed by atoms with Gasteiger partial charge in [-0.2, -0.15) is 5.10 Å². The molecule has 0 atom stereocenters. The van der Waals surface area contributed by atoms with Crippen molar-refractivity contribution in [2.75, 3.05) is 12.4 Å². The van der Waals surface area contributed by atoms with Crippen LogP contribution in [-0.2, 0) is 11.4 Å². The first kappa shape index (κ1) is 21.5. The maximum atomic E-state index is 12.0. The number of benzene rings is 2. The van der Waals surface area contributed by atoms with Crippen LogP contribution in [0.15, 0.2) is 72.1 Å². The highest BCUT2D eigenvalue weighted by atomic mass is 16.5. The van der Waals surface area contributed by atoms with Gasteiger partial charge < -0.3 is 14.8 Å². The lowest BCUT2D eigenvalue weighted by atomic mass is 10.1. The van der Waals surface area contributed by atoms with E-state index in [1.54, 1.807) is 55.9 Å². The standard InChI is InChI=1S/C23H22N4O4/c1-16(28)26-20-6-8-21(9-7-20)31-15-19-12-17(5-10-22(19)30-2)13-25-27-23(29)18-4-3-11-24-14-18/h3-14H,15H2,1-2H3,(H,26,28)(H,27,29). The van der Waals surface area contributed by atoms with Gasteiger partial charge in [0.25, 0.3) is 5.91 Å². The van der Waals surface area contributed by atoms with E-state index >= 15 is 0 Å². The highest BCUT2D eigenvalue weighted by Gasteiger charge is 2.07. The second kappa shape index (κ2) is 10.5. The number of amides is 2. The molecule has 0 saturated heterocycles. The van der Waals surface area contributed by atoms with E-state index in [1.165, 1.54) is 13.1 Å². The van der Waals surface area contributed by atoms with Crippen LogP contribution in [-0.4, -0.2) is 30.1 Å². The second-order valence-corrected chi connectivity index (χ2v) is 6.51. The number of carbonyl (C=O) groups is 2. The normalized spacial score (nSPS) is 10.5. The number of hydrazone groups is 1. The van der Waals surface area contributed by atoms with E-state index in [0.29, 0.717) is 22.7 Å². The minimum absolute atomic E-state index is 0.131. The van der Waals surface area contributed by atoms with Gasteiger partial charge in [0.05, 0.1) is 18.9 Å². The molecule has 0 aliphatic heterocycles. The first-order valence-electron chi connectivity index (χ1n) is 9.46. The number of methoxy groups -OCH3 is 1. The van der Waals surface area contributed by atoms with Crippen LogP contribution in [0, 0.1) is 0 Å². The number of rotatable bonds is 8. The Morgan fingerprint density at radius 1 is 1.13 bits per heavy atom. The molecular weight excluding hydrogens is 396 g/mol. The lowest BCUT2D eigenvalue weighted by molar-refractivity contribution is -0.114. The summed E-state index contributed by atoms with van der Waals surface area (Å²) in [7, 11) is 1.59. The fourth-order valence-corrected chi connectivity index (χ4v) is 2.72. The number of aromatic nitrogens is 1. The van der Waals surface area contributed by atoms with E-state index in [-0.39, 0.29) is 18.4 Å². The summed E-state index contributed by atoms with van der Waals surface area (Å²) in [6.45, 7) is 1.73. The van der Waals surface area contributed by atoms with Crippen molar-refractivity contribution in [2.45, 2.75) is 13.5 Å². The fraction of sp³-hybridized carbons (Fsp3) is 0.130. The van der Waals surface area contributed by atoms with Crippen molar-refractivity contribution < 1.29 is 19.1 Å². The summed E-state index contributed by atoms with van der Waals surface area (Å²) in [6, 6.07) is 15.9. The molecule has 31 heavy (non-hydrogen) atoms. The van der Waals surface area contributed by atoms with Crippen LogP contribution in [0.5, 0.6) is 11.5 Å². The van der Waals surface area contributed by atoms with Gasteiger partial charge in [-0.05, 0) is 60.2 Å². The molecule has 2 amide bonds. The molecule has 0 saturated carbocycles. The maximum Gasteiger partial charge on any atom is 0.272 e. The average molecular weight is 418 g/mol. The third-order valence-corrected chi connectivity index (χ3v) is 4.18. The van der Waals surface area contributed by atoms with Gasteiger partial charge in [-0.3, -0.25) is 14.6 Å². The van der Waals surface area contributed by atoms with Crippen LogP contribution in [0.1, 0.15) is 28.4 Å². The number of nitrogens with one attached hydrogen (secondary N) is 2. The van der Waals surface area contributed by atoms with Gasteiger partial charge in [-0.25, -0.2) is 5.43 Å². The summed E-state index contributed by atoms with van der Waals surface area (Å²) in [4.78, 5) is 27.0. The van der Waals surface area contributed by atoms with Crippen LogP contribution >= 0.6 is 0 Å². The quantitative estimate of drug-likeness (QED) is 0.431. The molecule has 0 aliphatic rings. The first-order chi connectivity index (χ1) is 15.0.